The third kappa shape index (κ3) is 5.28. The average molecular weight is 347 g/mol. The van der Waals surface area contributed by atoms with Crippen molar-refractivity contribution >= 4 is 23.7 Å². The number of carbonyl (C=O) groups is 1. The summed E-state index contributed by atoms with van der Waals surface area (Å²) in [5.41, 5.74) is 3.23. The van der Waals surface area contributed by atoms with E-state index in [9.17, 15) is 4.79 Å². The normalized spacial score (nSPS) is 12.0. The Morgan fingerprint density at radius 3 is 2.83 bits per heavy atom. The molecule has 0 aliphatic carbocycles. The van der Waals surface area contributed by atoms with Gasteiger partial charge < -0.3 is 9.47 Å². The molecule has 0 bridgehead atoms. The second kappa shape index (κ2) is 8.93. The fraction of sp³-hybridized carbons (Fsp3) is 0.222. The molecule has 2 rings (SSSR count). The van der Waals surface area contributed by atoms with Crippen molar-refractivity contribution in [3.05, 3.63) is 59.1 Å². The lowest BCUT2D eigenvalue weighted by Crippen LogP contribution is -2.33. The number of hydrazone groups is 1. The van der Waals surface area contributed by atoms with E-state index < -0.39 is 6.10 Å². The summed E-state index contributed by atoms with van der Waals surface area (Å²) in [7, 11) is 0. The van der Waals surface area contributed by atoms with Crippen molar-refractivity contribution in [2.24, 2.45) is 5.10 Å². The predicted octanol–water partition coefficient (Wildman–Crippen LogP) is 3.66. The van der Waals surface area contributed by atoms with Gasteiger partial charge in [-0.3, -0.25) is 4.79 Å². The van der Waals surface area contributed by atoms with Crippen LogP contribution >= 0.6 is 11.6 Å². The van der Waals surface area contributed by atoms with E-state index in [4.69, 9.17) is 21.1 Å². The first-order chi connectivity index (χ1) is 11.6. The summed E-state index contributed by atoms with van der Waals surface area (Å²) in [6, 6.07) is 14.3. The Labute approximate surface area is 146 Å². The second-order valence-electron chi connectivity index (χ2n) is 4.92. The fourth-order valence-electron chi connectivity index (χ4n) is 1.93. The van der Waals surface area contributed by atoms with E-state index in [1.54, 1.807) is 31.2 Å². The minimum Gasteiger partial charge on any atom is -0.493 e. The molecule has 0 radical (unpaired) electrons. The number of carbonyl (C=O) groups excluding carboxylic acids is 1. The Morgan fingerprint density at radius 1 is 1.29 bits per heavy atom. The summed E-state index contributed by atoms with van der Waals surface area (Å²) < 4.78 is 11.0. The zero-order valence-electron chi connectivity index (χ0n) is 13.5. The first-order valence-electron chi connectivity index (χ1n) is 7.57. The van der Waals surface area contributed by atoms with Gasteiger partial charge >= 0.3 is 0 Å². The first-order valence-corrected chi connectivity index (χ1v) is 7.95. The van der Waals surface area contributed by atoms with Crippen LogP contribution in [0.25, 0.3) is 0 Å². The summed E-state index contributed by atoms with van der Waals surface area (Å²) in [6.07, 6.45) is 0.831. The predicted molar refractivity (Wildman–Crippen MR) is 94.9 cm³/mol. The van der Waals surface area contributed by atoms with Gasteiger partial charge in [-0.1, -0.05) is 29.8 Å². The second-order valence-corrected chi connectivity index (χ2v) is 5.36. The van der Waals surface area contributed by atoms with E-state index in [0.717, 1.165) is 5.56 Å². The molecule has 0 aliphatic rings. The molecule has 126 valence electrons. The molecule has 0 saturated heterocycles. The smallest absolute Gasteiger partial charge is 0.280 e. The molecule has 0 aromatic heterocycles. The number of ether oxygens (including phenoxy) is 2. The lowest BCUT2D eigenvalue weighted by atomic mass is 10.2. The van der Waals surface area contributed by atoms with Crippen molar-refractivity contribution < 1.29 is 14.3 Å². The van der Waals surface area contributed by atoms with Gasteiger partial charge in [-0.05, 0) is 44.2 Å². The van der Waals surface area contributed by atoms with Gasteiger partial charge in [-0.2, -0.15) is 5.10 Å². The van der Waals surface area contributed by atoms with Crippen LogP contribution in [-0.2, 0) is 4.79 Å². The molecule has 1 amide bonds. The van der Waals surface area contributed by atoms with E-state index in [2.05, 4.69) is 10.5 Å². The van der Waals surface area contributed by atoms with Crippen molar-refractivity contribution in [2.75, 3.05) is 6.61 Å². The van der Waals surface area contributed by atoms with Crippen LogP contribution < -0.4 is 14.9 Å². The number of nitrogens with zero attached hydrogens (tertiary/aromatic N) is 1. The molecular formula is C18H19ClN2O3. The van der Waals surface area contributed by atoms with Crippen molar-refractivity contribution in [2.45, 2.75) is 20.0 Å². The minimum atomic E-state index is -0.706. The standard InChI is InChI=1S/C18H19ClN2O3/c1-3-23-17-10-5-4-7-14(17)12-20-21-18(22)13(2)24-16-9-6-8-15(19)11-16/h4-13H,3H2,1-2H3,(H,21,22)/t13-/m1/s1. The van der Waals surface area contributed by atoms with Gasteiger partial charge in [-0.25, -0.2) is 5.43 Å². The van der Waals surface area contributed by atoms with Gasteiger partial charge in [-0.15, -0.1) is 0 Å². The Balaban J connectivity index is 1.92. The quantitative estimate of drug-likeness (QED) is 0.615. The molecule has 2 aromatic carbocycles. The number of hydrogen-bond donors (Lipinski definition) is 1. The van der Waals surface area contributed by atoms with Crippen LogP contribution in [0.2, 0.25) is 5.02 Å². The van der Waals surface area contributed by atoms with Crippen LogP contribution in [0.1, 0.15) is 19.4 Å². The maximum atomic E-state index is 12.0. The molecular weight excluding hydrogens is 328 g/mol. The SMILES string of the molecule is CCOc1ccccc1C=NNC(=O)[C@@H](C)Oc1cccc(Cl)c1. The molecule has 1 atom stereocenters. The summed E-state index contributed by atoms with van der Waals surface area (Å²) in [5, 5.41) is 4.50. The van der Waals surface area contributed by atoms with Crippen LogP contribution in [0.4, 0.5) is 0 Å². The van der Waals surface area contributed by atoms with Crippen molar-refractivity contribution in [1.82, 2.24) is 5.43 Å². The summed E-state index contributed by atoms with van der Waals surface area (Å²) in [5.74, 6) is 0.872. The third-order valence-corrected chi connectivity index (χ3v) is 3.31. The molecule has 24 heavy (non-hydrogen) atoms. The van der Waals surface area contributed by atoms with Gasteiger partial charge in [0.1, 0.15) is 11.5 Å². The van der Waals surface area contributed by atoms with Crippen molar-refractivity contribution in [3.8, 4) is 11.5 Å². The van der Waals surface area contributed by atoms with E-state index in [-0.39, 0.29) is 5.91 Å². The van der Waals surface area contributed by atoms with E-state index >= 15 is 0 Å². The zero-order valence-corrected chi connectivity index (χ0v) is 14.3. The maximum absolute atomic E-state index is 12.0. The zero-order chi connectivity index (χ0) is 17.4. The molecule has 0 saturated carbocycles. The van der Waals surface area contributed by atoms with Gasteiger partial charge in [0, 0.05) is 10.6 Å². The number of para-hydroxylation sites is 1. The highest BCUT2D eigenvalue weighted by Crippen LogP contribution is 2.18. The molecule has 0 unspecified atom stereocenters. The molecule has 5 nitrogen and oxygen atoms in total. The van der Waals surface area contributed by atoms with Gasteiger partial charge in [0.15, 0.2) is 6.10 Å². The topological polar surface area (TPSA) is 59.9 Å². The number of hydrogen-bond acceptors (Lipinski definition) is 4. The van der Waals surface area contributed by atoms with Crippen LogP contribution in [0, 0.1) is 0 Å². The molecule has 1 N–H and O–H groups in total. The summed E-state index contributed by atoms with van der Waals surface area (Å²) in [6.45, 7) is 4.10. The Bertz CT molecular complexity index is 719. The average Bonchev–Trinajstić information content (AvgIpc) is 2.56. The van der Waals surface area contributed by atoms with Crippen LogP contribution in [0.15, 0.2) is 53.6 Å². The van der Waals surface area contributed by atoms with Gasteiger partial charge in [0.2, 0.25) is 0 Å². The molecule has 0 fully saturated rings. The maximum Gasteiger partial charge on any atom is 0.280 e. The number of rotatable bonds is 7. The van der Waals surface area contributed by atoms with Crippen LogP contribution in [0.3, 0.4) is 0 Å². The number of benzene rings is 2. The van der Waals surface area contributed by atoms with E-state index in [0.29, 0.717) is 23.1 Å². The summed E-state index contributed by atoms with van der Waals surface area (Å²) >= 11 is 5.88. The molecule has 6 heteroatoms. The van der Waals surface area contributed by atoms with Crippen LogP contribution in [-0.4, -0.2) is 24.8 Å². The third-order valence-electron chi connectivity index (χ3n) is 3.08. The Kier molecular flexibility index (Phi) is 6.63. The largest absolute Gasteiger partial charge is 0.493 e. The highest BCUT2D eigenvalue weighted by molar-refractivity contribution is 6.30. The highest BCUT2D eigenvalue weighted by Gasteiger charge is 2.14. The Hall–Kier alpha value is -2.53. The lowest BCUT2D eigenvalue weighted by molar-refractivity contribution is -0.127. The monoisotopic (exact) mass is 346 g/mol. The first kappa shape index (κ1) is 17.8. The van der Waals surface area contributed by atoms with Crippen molar-refractivity contribution in [1.29, 1.82) is 0 Å². The summed E-state index contributed by atoms with van der Waals surface area (Å²) in [4.78, 5) is 12.0. The Morgan fingerprint density at radius 2 is 2.08 bits per heavy atom. The number of nitrogens with one attached hydrogen (secondary N) is 1. The van der Waals surface area contributed by atoms with Gasteiger partial charge in [0.25, 0.3) is 5.91 Å². The minimum absolute atomic E-state index is 0.361. The molecule has 0 aliphatic heterocycles. The van der Waals surface area contributed by atoms with Crippen molar-refractivity contribution in [3.63, 3.8) is 0 Å². The van der Waals surface area contributed by atoms with Gasteiger partial charge in [0.05, 0.1) is 12.8 Å². The van der Waals surface area contributed by atoms with Crippen LogP contribution in [0.5, 0.6) is 11.5 Å². The fourth-order valence-corrected chi connectivity index (χ4v) is 2.11. The molecule has 0 spiro atoms. The highest BCUT2D eigenvalue weighted by atomic mass is 35.5. The molecule has 0 heterocycles. The number of halogens is 1. The lowest BCUT2D eigenvalue weighted by Gasteiger charge is -2.13. The molecule has 2 aromatic rings. The van der Waals surface area contributed by atoms with E-state index in [1.807, 2.05) is 31.2 Å². The number of amides is 1. The van der Waals surface area contributed by atoms with E-state index in [1.165, 1.54) is 6.21 Å².